The van der Waals surface area contributed by atoms with Gasteiger partial charge >= 0.3 is 0 Å². The van der Waals surface area contributed by atoms with E-state index in [-0.39, 0.29) is 0 Å². The Bertz CT molecular complexity index is 776. The van der Waals surface area contributed by atoms with Crippen molar-refractivity contribution >= 4 is 28.2 Å². The lowest BCUT2D eigenvalue weighted by Crippen LogP contribution is -2.11. The van der Waals surface area contributed by atoms with Crippen molar-refractivity contribution in [1.29, 1.82) is 0 Å². The largest absolute Gasteiger partial charge is 0.490 e. The quantitative estimate of drug-likeness (QED) is 0.497. The summed E-state index contributed by atoms with van der Waals surface area (Å²) in [6, 6.07) is 9.74. The molecule has 0 unspecified atom stereocenters. The van der Waals surface area contributed by atoms with Crippen molar-refractivity contribution in [2.24, 2.45) is 5.84 Å². The Labute approximate surface area is 121 Å². The van der Waals surface area contributed by atoms with Crippen molar-refractivity contribution in [1.82, 2.24) is 15.0 Å². The van der Waals surface area contributed by atoms with Gasteiger partial charge in [0.15, 0.2) is 11.6 Å². The highest BCUT2D eigenvalue weighted by molar-refractivity contribution is 5.83. The van der Waals surface area contributed by atoms with Gasteiger partial charge in [-0.2, -0.15) is 0 Å². The minimum Gasteiger partial charge on any atom is -0.490 e. The highest BCUT2D eigenvalue weighted by Gasteiger charge is 2.11. The van der Waals surface area contributed by atoms with Crippen LogP contribution in [0.15, 0.2) is 42.9 Å². The molecule has 1 aromatic carbocycles. The zero-order valence-corrected chi connectivity index (χ0v) is 11.4. The molecule has 3 rings (SSSR count). The molecule has 0 fully saturated rings. The summed E-state index contributed by atoms with van der Waals surface area (Å²) < 4.78 is 5.28. The van der Waals surface area contributed by atoms with E-state index in [1.54, 1.807) is 6.20 Å². The number of hydrogen-bond acceptors (Lipinski definition) is 7. The summed E-state index contributed by atoms with van der Waals surface area (Å²) in [6.07, 6.45) is 3.17. The molecule has 2 heterocycles. The fourth-order valence-electron chi connectivity index (χ4n) is 2.05. The van der Waals surface area contributed by atoms with Gasteiger partial charge < -0.3 is 15.5 Å². The van der Waals surface area contributed by atoms with Crippen LogP contribution in [0.1, 0.15) is 0 Å². The maximum Gasteiger partial charge on any atom is 0.205 e. The predicted octanol–water partition coefficient (Wildman–Crippen LogP) is 2.06. The molecule has 21 heavy (non-hydrogen) atoms. The van der Waals surface area contributed by atoms with Gasteiger partial charge in [0.2, 0.25) is 5.75 Å². The molecule has 0 aliphatic carbocycles. The van der Waals surface area contributed by atoms with Crippen molar-refractivity contribution in [3.05, 3.63) is 42.9 Å². The first-order valence-corrected chi connectivity index (χ1v) is 6.29. The number of aromatic nitrogens is 3. The first-order chi connectivity index (χ1) is 10.3. The highest BCUT2D eigenvalue weighted by Crippen LogP contribution is 2.31. The third-order valence-corrected chi connectivity index (χ3v) is 3.01. The summed E-state index contributed by atoms with van der Waals surface area (Å²) in [6.45, 7) is 0. The molecule has 0 amide bonds. The van der Waals surface area contributed by atoms with E-state index in [0.29, 0.717) is 17.4 Å². The molecule has 0 aliphatic rings. The molecule has 0 bridgehead atoms. The van der Waals surface area contributed by atoms with Gasteiger partial charge in [0.1, 0.15) is 6.33 Å². The molecule has 2 aromatic heterocycles. The molecule has 3 aromatic rings. The van der Waals surface area contributed by atoms with E-state index >= 15 is 0 Å². The number of nitrogens with two attached hydrogens (primary N) is 1. The maximum absolute atomic E-state index is 5.41. The van der Waals surface area contributed by atoms with E-state index in [2.05, 4.69) is 25.7 Å². The van der Waals surface area contributed by atoms with Crippen LogP contribution >= 0.6 is 0 Å². The van der Waals surface area contributed by atoms with E-state index in [9.17, 15) is 0 Å². The Morgan fingerprint density at radius 2 is 1.95 bits per heavy atom. The second-order valence-corrected chi connectivity index (χ2v) is 4.28. The third kappa shape index (κ3) is 2.54. The lowest BCUT2D eigenvalue weighted by molar-refractivity contribution is 0.415. The number of nitrogens with one attached hydrogen (secondary N) is 2. The van der Waals surface area contributed by atoms with Crippen LogP contribution < -0.4 is 21.3 Å². The van der Waals surface area contributed by atoms with Crippen LogP contribution in [0.25, 0.3) is 10.9 Å². The number of methoxy groups -OCH3 is 1. The van der Waals surface area contributed by atoms with E-state index in [1.165, 1.54) is 13.4 Å². The van der Waals surface area contributed by atoms with Crippen molar-refractivity contribution in [3.8, 4) is 5.75 Å². The van der Waals surface area contributed by atoms with Gasteiger partial charge in [0, 0.05) is 17.3 Å². The number of rotatable bonds is 4. The number of anilines is 3. The van der Waals surface area contributed by atoms with Gasteiger partial charge in [-0.1, -0.05) is 6.07 Å². The standard InChI is InChI=1S/C14H14N6O/c1-21-12-13(17-8-18-14(12)20-15)19-10-4-5-11-9(7-10)3-2-6-16-11/h2-8H,15H2,1H3,(H2,17,18,19,20). The van der Waals surface area contributed by atoms with E-state index in [0.717, 1.165) is 16.6 Å². The Kier molecular flexibility index (Phi) is 3.48. The summed E-state index contributed by atoms with van der Waals surface area (Å²) >= 11 is 0. The molecule has 0 saturated carbocycles. The fraction of sp³-hybridized carbons (Fsp3) is 0.0714. The van der Waals surface area contributed by atoms with Gasteiger partial charge in [-0.05, 0) is 24.3 Å². The van der Waals surface area contributed by atoms with Crippen LogP contribution in [0.2, 0.25) is 0 Å². The Morgan fingerprint density at radius 3 is 2.76 bits per heavy atom. The van der Waals surface area contributed by atoms with Gasteiger partial charge in [-0.15, -0.1) is 0 Å². The number of hydrazine groups is 1. The van der Waals surface area contributed by atoms with Crippen LogP contribution in [0.4, 0.5) is 17.3 Å². The number of fused-ring (bicyclic) bond motifs is 1. The fourth-order valence-corrected chi connectivity index (χ4v) is 2.05. The number of ether oxygens (including phenoxy) is 1. The SMILES string of the molecule is COc1c(NN)ncnc1Nc1ccc2ncccc2c1. The van der Waals surface area contributed by atoms with Crippen molar-refractivity contribution in [2.45, 2.75) is 0 Å². The summed E-state index contributed by atoms with van der Waals surface area (Å²) in [5, 5.41) is 4.23. The van der Waals surface area contributed by atoms with Crippen LogP contribution in [-0.4, -0.2) is 22.1 Å². The topological polar surface area (TPSA) is 98.0 Å². The average Bonchev–Trinajstić information content (AvgIpc) is 2.54. The molecule has 7 nitrogen and oxygen atoms in total. The first kappa shape index (κ1) is 13.1. The smallest absolute Gasteiger partial charge is 0.205 e. The van der Waals surface area contributed by atoms with Crippen molar-refractivity contribution in [2.75, 3.05) is 17.9 Å². The van der Waals surface area contributed by atoms with Crippen LogP contribution in [0.5, 0.6) is 5.75 Å². The Balaban J connectivity index is 1.98. The van der Waals surface area contributed by atoms with Crippen LogP contribution in [0.3, 0.4) is 0 Å². The Hall–Kier alpha value is -2.93. The third-order valence-electron chi connectivity index (χ3n) is 3.01. The second kappa shape index (κ2) is 5.59. The molecule has 0 radical (unpaired) electrons. The maximum atomic E-state index is 5.41. The van der Waals surface area contributed by atoms with Crippen molar-refractivity contribution < 1.29 is 4.74 Å². The molecule has 0 spiro atoms. The zero-order valence-electron chi connectivity index (χ0n) is 11.4. The van der Waals surface area contributed by atoms with Gasteiger partial charge in [0.05, 0.1) is 12.6 Å². The number of nitrogen functional groups attached to an aromatic ring is 1. The monoisotopic (exact) mass is 282 g/mol. The number of pyridine rings is 1. The highest BCUT2D eigenvalue weighted by atomic mass is 16.5. The first-order valence-electron chi connectivity index (χ1n) is 6.29. The minimum absolute atomic E-state index is 0.414. The van der Waals surface area contributed by atoms with Gasteiger partial charge in [-0.25, -0.2) is 15.8 Å². The predicted molar refractivity (Wildman–Crippen MR) is 81.4 cm³/mol. The molecule has 4 N–H and O–H groups in total. The number of benzene rings is 1. The summed E-state index contributed by atoms with van der Waals surface area (Å²) in [5.41, 5.74) is 4.28. The molecule has 106 valence electrons. The van der Waals surface area contributed by atoms with Crippen molar-refractivity contribution in [3.63, 3.8) is 0 Å². The molecule has 0 atom stereocenters. The molecular formula is C14H14N6O. The summed E-state index contributed by atoms with van der Waals surface area (Å²) in [5.74, 6) is 6.80. The second-order valence-electron chi connectivity index (χ2n) is 4.28. The molecule has 7 heteroatoms. The average molecular weight is 282 g/mol. The number of nitrogens with zero attached hydrogens (tertiary/aromatic N) is 3. The van der Waals surface area contributed by atoms with Crippen LogP contribution in [0, 0.1) is 0 Å². The molecular weight excluding hydrogens is 268 g/mol. The van der Waals surface area contributed by atoms with E-state index in [1.807, 2.05) is 30.3 Å². The molecule has 0 aliphatic heterocycles. The van der Waals surface area contributed by atoms with E-state index in [4.69, 9.17) is 10.6 Å². The lowest BCUT2D eigenvalue weighted by atomic mass is 10.2. The van der Waals surface area contributed by atoms with E-state index < -0.39 is 0 Å². The normalized spacial score (nSPS) is 10.4. The minimum atomic E-state index is 0.414. The zero-order chi connectivity index (χ0) is 14.7. The number of hydrogen-bond donors (Lipinski definition) is 3. The molecule has 0 saturated heterocycles. The van der Waals surface area contributed by atoms with Gasteiger partial charge in [0.25, 0.3) is 0 Å². The summed E-state index contributed by atoms with van der Waals surface area (Å²) in [4.78, 5) is 12.5. The van der Waals surface area contributed by atoms with Crippen LogP contribution in [-0.2, 0) is 0 Å². The summed E-state index contributed by atoms with van der Waals surface area (Å²) in [7, 11) is 1.54. The Morgan fingerprint density at radius 1 is 1.10 bits per heavy atom. The lowest BCUT2D eigenvalue weighted by Gasteiger charge is -2.12. The van der Waals surface area contributed by atoms with Gasteiger partial charge in [-0.3, -0.25) is 4.98 Å².